The maximum Gasteiger partial charge on any atom is 0.303 e. The molecule has 1 saturated heterocycles. The van der Waals surface area contributed by atoms with Gasteiger partial charge in [-0.1, -0.05) is 0 Å². The lowest BCUT2D eigenvalue weighted by Gasteiger charge is -2.31. The molecule has 0 atom stereocenters. The van der Waals surface area contributed by atoms with E-state index in [-0.39, 0.29) is 6.42 Å². The Morgan fingerprint density at radius 1 is 1.23 bits per heavy atom. The second-order valence-corrected chi connectivity index (χ2v) is 7.91. The molecule has 1 aliphatic heterocycles. The van der Waals surface area contributed by atoms with Crippen molar-refractivity contribution >= 4 is 33.8 Å². The normalized spacial score (nSPS) is 13.9. The fraction of sp³-hybridized carbons (Fsp3) is 0.524. The van der Waals surface area contributed by atoms with E-state index in [1.807, 2.05) is 32.9 Å². The van der Waals surface area contributed by atoms with Crippen molar-refractivity contribution in [3.63, 3.8) is 0 Å². The molecule has 2 heterocycles. The standard InChI is InChI=1S/C21H29N3O5S/c1-4-28-17-13-16(24-8-10-27-11-9-24)18(29-5-2)12-15(17)23-21-22-14(3)19(30-21)6-7-20(25)26/h12-13H,4-11H2,1-3H3,(H,22,23)(H,25,26). The number of aromatic nitrogens is 1. The average Bonchev–Trinajstić information content (AvgIpc) is 3.08. The number of ether oxygens (including phenoxy) is 3. The van der Waals surface area contributed by atoms with Crippen molar-refractivity contribution in [3.05, 3.63) is 22.7 Å². The van der Waals surface area contributed by atoms with Gasteiger partial charge in [-0.05, 0) is 27.2 Å². The van der Waals surface area contributed by atoms with E-state index < -0.39 is 5.97 Å². The number of carboxylic acid groups (broad SMARTS) is 1. The van der Waals surface area contributed by atoms with Crippen molar-refractivity contribution in [1.82, 2.24) is 4.98 Å². The predicted molar refractivity (Wildman–Crippen MR) is 118 cm³/mol. The zero-order valence-electron chi connectivity index (χ0n) is 17.7. The van der Waals surface area contributed by atoms with Gasteiger partial charge in [0.1, 0.15) is 11.5 Å². The Kier molecular flexibility index (Phi) is 7.75. The van der Waals surface area contributed by atoms with Crippen LogP contribution in [0.2, 0.25) is 0 Å². The molecule has 30 heavy (non-hydrogen) atoms. The third kappa shape index (κ3) is 5.54. The minimum atomic E-state index is -0.809. The van der Waals surface area contributed by atoms with Crippen molar-refractivity contribution in [1.29, 1.82) is 0 Å². The zero-order chi connectivity index (χ0) is 21.5. The second-order valence-electron chi connectivity index (χ2n) is 6.83. The number of rotatable bonds is 10. The monoisotopic (exact) mass is 435 g/mol. The average molecular weight is 436 g/mol. The van der Waals surface area contributed by atoms with Crippen LogP contribution in [0.25, 0.3) is 0 Å². The molecule has 9 heteroatoms. The Morgan fingerprint density at radius 2 is 1.93 bits per heavy atom. The van der Waals surface area contributed by atoms with Crippen molar-refractivity contribution in [2.45, 2.75) is 33.6 Å². The molecule has 0 saturated carbocycles. The minimum Gasteiger partial charge on any atom is -0.492 e. The van der Waals surface area contributed by atoms with Gasteiger partial charge in [-0.2, -0.15) is 0 Å². The lowest BCUT2D eigenvalue weighted by Crippen LogP contribution is -2.36. The molecule has 0 radical (unpaired) electrons. The molecule has 1 fully saturated rings. The Morgan fingerprint density at radius 3 is 2.60 bits per heavy atom. The molecule has 2 N–H and O–H groups in total. The van der Waals surface area contributed by atoms with Crippen molar-refractivity contribution in [2.75, 3.05) is 49.7 Å². The number of nitrogens with one attached hydrogen (secondary N) is 1. The number of thiazole rings is 1. The van der Waals surface area contributed by atoms with Gasteiger partial charge in [0, 0.05) is 30.1 Å². The lowest BCUT2D eigenvalue weighted by atomic mass is 10.2. The van der Waals surface area contributed by atoms with E-state index in [0.717, 1.165) is 46.5 Å². The second kappa shape index (κ2) is 10.5. The molecule has 0 aliphatic carbocycles. The number of benzene rings is 1. The Labute approximate surface area is 180 Å². The Bertz CT molecular complexity index is 865. The summed E-state index contributed by atoms with van der Waals surface area (Å²) in [6, 6.07) is 3.96. The highest BCUT2D eigenvalue weighted by atomic mass is 32.1. The minimum absolute atomic E-state index is 0.0927. The van der Waals surface area contributed by atoms with Gasteiger partial charge in [-0.3, -0.25) is 4.79 Å². The van der Waals surface area contributed by atoms with Gasteiger partial charge in [0.25, 0.3) is 0 Å². The van der Waals surface area contributed by atoms with Crippen LogP contribution in [-0.4, -0.2) is 55.6 Å². The number of nitrogens with zero attached hydrogens (tertiary/aromatic N) is 2. The number of aryl methyl sites for hydroxylation is 2. The number of carbonyl (C=O) groups is 1. The third-order valence-corrected chi connectivity index (χ3v) is 5.85. The van der Waals surface area contributed by atoms with Crippen LogP contribution in [0.4, 0.5) is 16.5 Å². The molecule has 0 spiro atoms. The smallest absolute Gasteiger partial charge is 0.303 e. The summed E-state index contributed by atoms with van der Waals surface area (Å²) in [4.78, 5) is 18.7. The molecular formula is C21H29N3O5S. The molecule has 1 aliphatic rings. The van der Waals surface area contributed by atoms with E-state index in [4.69, 9.17) is 19.3 Å². The molecule has 164 valence electrons. The van der Waals surface area contributed by atoms with Crippen molar-refractivity contribution in [2.24, 2.45) is 0 Å². The highest BCUT2D eigenvalue weighted by Gasteiger charge is 2.20. The summed E-state index contributed by atoms with van der Waals surface area (Å²) in [5.41, 5.74) is 2.61. The van der Waals surface area contributed by atoms with Crippen LogP contribution in [0.5, 0.6) is 11.5 Å². The van der Waals surface area contributed by atoms with Crippen LogP contribution in [0.15, 0.2) is 12.1 Å². The van der Waals surface area contributed by atoms with Crippen LogP contribution in [-0.2, 0) is 16.0 Å². The number of aliphatic carboxylic acids is 1. The van der Waals surface area contributed by atoms with E-state index in [1.54, 1.807) is 0 Å². The molecule has 2 aromatic rings. The van der Waals surface area contributed by atoms with Gasteiger partial charge in [0.05, 0.1) is 49.9 Å². The molecule has 0 amide bonds. The van der Waals surface area contributed by atoms with Crippen molar-refractivity contribution in [3.8, 4) is 11.5 Å². The molecule has 3 rings (SSSR count). The maximum atomic E-state index is 10.9. The van der Waals surface area contributed by atoms with E-state index >= 15 is 0 Å². The number of carboxylic acids is 1. The highest BCUT2D eigenvalue weighted by Crippen LogP contribution is 2.41. The summed E-state index contributed by atoms with van der Waals surface area (Å²) in [6.45, 7) is 9.88. The van der Waals surface area contributed by atoms with Crippen LogP contribution in [0.3, 0.4) is 0 Å². The van der Waals surface area contributed by atoms with E-state index in [2.05, 4.69) is 15.2 Å². The van der Waals surface area contributed by atoms with Gasteiger partial charge in [-0.25, -0.2) is 4.98 Å². The zero-order valence-corrected chi connectivity index (χ0v) is 18.5. The van der Waals surface area contributed by atoms with E-state index in [0.29, 0.717) is 38.0 Å². The van der Waals surface area contributed by atoms with E-state index in [1.165, 1.54) is 11.3 Å². The summed E-state index contributed by atoms with van der Waals surface area (Å²) in [7, 11) is 0. The van der Waals surface area contributed by atoms with Crippen LogP contribution < -0.4 is 19.7 Å². The summed E-state index contributed by atoms with van der Waals surface area (Å²) in [5.74, 6) is 0.697. The number of hydrogen-bond acceptors (Lipinski definition) is 8. The molecule has 1 aromatic carbocycles. The van der Waals surface area contributed by atoms with E-state index in [9.17, 15) is 4.79 Å². The topological polar surface area (TPSA) is 93.2 Å². The summed E-state index contributed by atoms with van der Waals surface area (Å²) in [6.07, 6.45) is 0.564. The van der Waals surface area contributed by atoms with Crippen LogP contribution in [0.1, 0.15) is 30.8 Å². The summed E-state index contributed by atoms with van der Waals surface area (Å²) >= 11 is 1.47. The Balaban J connectivity index is 1.90. The molecule has 0 bridgehead atoms. The fourth-order valence-electron chi connectivity index (χ4n) is 3.29. The molecule has 8 nitrogen and oxygen atoms in total. The predicted octanol–water partition coefficient (Wildman–Crippen LogP) is 3.85. The largest absolute Gasteiger partial charge is 0.492 e. The number of morpholine rings is 1. The lowest BCUT2D eigenvalue weighted by molar-refractivity contribution is -0.136. The number of hydrogen-bond donors (Lipinski definition) is 2. The highest BCUT2D eigenvalue weighted by molar-refractivity contribution is 7.15. The van der Waals surface area contributed by atoms with Gasteiger partial charge in [0.2, 0.25) is 0 Å². The Hall–Kier alpha value is -2.52. The third-order valence-electron chi connectivity index (χ3n) is 4.71. The molecule has 0 unspecified atom stereocenters. The first-order chi connectivity index (χ1) is 14.5. The molecule has 1 aromatic heterocycles. The maximum absolute atomic E-state index is 10.9. The summed E-state index contributed by atoms with van der Waals surface area (Å²) in [5, 5.41) is 13.0. The first kappa shape index (κ1) is 22.2. The SMILES string of the molecule is CCOc1cc(N2CCOCC2)c(OCC)cc1Nc1nc(C)c(CCC(=O)O)s1. The van der Waals surface area contributed by atoms with Gasteiger partial charge in [0.15, 0.2) is 5.13 Å². The number of anilines is 3. The van der Waals surface area contributed by atoms with Gasteiger partial charge in [-0.15, -0.1) is 11.3 Å². The first-order valence-electron chi connectivity index (χ1n) is 10.2. The quantitative estimate of drug-likeness (QED) is 0.581. The fourth-order valence-corrected chi connectivity index (χ4v) is 4.27. The van der Waals surface area contributed by atoms with Crippen LogP contribution in [0, 0.1) is 6.92 Å². The summed E-state index contributed by atoms with van der Waals surface area (Å²) < 4.78 is 17.3. The van der Waals surface area contributed by atoms with Crippen LogP contribution >= 0.6 is 11.3 Å². The first-order valence-corrected chi connectivity index (χ1v) is 11.0. The van der Waals surface area contributed by atoms with Gasteiger partial charge < -0.3 is 29.5 Å². The molecular weight excluding hydrogens is 406 g/mol. The van der Waals surface area contributed by atoms with Gasteiger partial charge >= 0.3 is 5.97 Å². The van der Waals surface area contributed by atoms with Crippen molar-refractivity contribution < 1.29 is 24.1 Å².